The molecule has 0 bridgehead atoms. The number of ether oxygens (including phenoxy) is 2. The van der Waals surface area contributed by atoms with Gasteiger partial charge in [0.2, 0.25) is 5.91 Å². The van der Waals surface area contributed by atoms with Crippen LogP contribution in [0.3, 0.4) is 0 Å². The molecule has 0 radical (unpaired) electrons. The normalized spacial score (nSPS) is 13.3. The zero-order chi connectivity index (χ0) is 22.3. The van der Waals surface area contributed by atoms with Crippen molar-refractivity contribution in [3.63, 3.8) is 0 Å². The van der Waals surface area contributed by atoms with Crippen molar-refractivity contribution >= 4 is 17.7 Å². The van der Waals surface area contributed by atoms with Gasteiger partial charge in [0, 0.05) is 5.69 Å². The minimum atomic E-state index is -0.927. The molecule has 2 amide bonds. The number of carbonyl (C=O) groups excluding carboxylic acids is 2. The van der Waals surface area contributed by atoms with E-state index < -0.39 is 23.8 Å². The summed E-state index contributed by atoms with van der Waals surface area (Å²) in [6.45, 7) is 11.3. The highest BCUT2D eigenvalue weighted by atomic mass is 16.6. The van der Waals surface area contributed by atoms with E-state index in [0.29, 0.717) is 12.3 Å². The topological polar surface area (TPSA) is 76.7 Å². The smallest absolute Gasteiger partial charge is 0.408 e. The first-order valence-corrected chi connectivity index (χ1v) is 10.1. The van der Waals surface area contributed by atoms with Crippen LogP contribution in [-0.4, -0.2) is 29.7 Å². The van der Waals surface area contributed by atoms with Gasteiger partial charge in [0.25, 0.3) is 0 Å². The monoisotopic (exact) mass is 412 g/mol. The lowest BCUT2D eigenvalue weighted by molar-refractivity contribution is -0.122. The molecule has 2 atom stereocenters. The summed E-state index contributed by atoms with van der Waals surface area (Å²) in [5, 5.41) is 5.57. The second-order valence-electron chi connectivity index (χ2n) is 8.43. The van der Waals surface area contributed by atoms with Crippen molar-refractivity contribution in [2.75, 3.05) is 5.32 Å². The van der Waals surface area contributed by atoms with Crippen molar-refractivity contribution < 1.29 is 19.1 Å². The van der Waals surface area contributed by atoms with Crippen molar-refractivity contribution in [1.82, 2.24) is 5.32 Å². The molecule has 6 heteroatoms. The van der Waals surface area contributed by atoms with Crippen LogP contribution in [0.5, 0.6) is 0 Å². The zero-order valence-electron chi connectivity index (χ0n) is 18.6. The van der Waals surface area contributed by atoms with Gasteiger partial charge in [-0.05, 0) is 64.3 Å². The van der Waals surface area contributed by atoms with Gasteiger partial charge in [-0.2, -0.15) is 0 Å². The molecular weight excluding hydrogens is 380 g/mol. The van der Waals surface area contributed by atoms with E-state index in [1.807, 2.05) is 62.4 Å². The number of aryl methyl sites for hydroxylation is 2. The zero-order valence-corrected chi connectivity index (χ0v) is 18.6. The van der Waals surface area contributed by atoms with E-state index >= 15 is 0 Å². The molecule has 0 aromatic heterocycles. The maximum Gasteiger partial charge on any atom is 0.408 e. The van der Waals surface area contributed by atoms with E-state index in [9.17, 15) is 9.59 Å². The Labute approximate surface area is 179 Å². The van der Waals surface area contributed by atoms with Crippen LogP contribution in [-0.2, 0) is 20.9 Å². The minimum absolute atomic E-state index is 0.325. The Morgan fingerprint density at radius 3 is 2.33 bits per heavy atom. The highest BCUT2D eigenvalue weighted by Crippen LogP contribution is 2.18. The van der Waals surface area contributed by atoms with Crippen molar-refractivity contribution in [3.05, 3.63) is 65.2 Å². The van der Waals surface area contributed by atoms with Gasteiger partial charge in [-0.15, -0.1) is 0 Å². The van der Waals surface area contributed by atoms with Crippen LogP contribution in [0.2, 0.25) is 0 Å². The van der Waals surface area contributed by atoms with Crippen LogP contribution in [0.1, 0.15) is 44.4 Å². The van der Waals surface area contributed by atoms with Crippen LogP contribution < -0.4 is 10.6 Å². The molecule has 0 saturated carbocycles. The number of nitrogens with one attached hydrogen (secondary N) is 2. The van der Waals surface area contributed by atoms with Gasteiger partial charge in [0.1, 0.15) is 11.6 Å². The molecule has 0 aliphatic carbocycles. The molecule has 0 fully saturated rings. The lowest BCUT2D eigenvalue weighted by Crippen LogP contribution is -2.52. The molecule has 0 aliphatic heterocycles. The van der Waals surface area contributed by atoms with E-state index in [0.717, 1.165) is 16.7 Å². The lowest BCUT2D eigenvalue weighted by atomic mass is 10.1. The molecule has 162 valence electrons. The first kappa shape index (κ1) is 23.4. The third-order valence-corrected chi connectivity index (χ3v) is 4.43. The number of anilines is 1. The lowest BCUT2D eigenvalue weighted by Gasteiger charge is -2.27. The van der Waals surface area contributed by atoms with Gasteiger partial charge in [-0.1, -0.05) is 42.5 Å². The maximum atomic E-state index is 13.1. The maximum absolute atomic E-state index is 13.1. The van der Waals surface area contributed by atoms with E-state index in [-0.39, 0.29) is 5.91 Å². The van der Waals surface area contributed by atoms with Crippen LogP contribution in [0.4, 0.5) is 10.5 Å². The summed E-state index contributed by atoms with van der Waals surface area (Å²) in [6, 6.07) is 14.6. The molecule has 2 N–H and O–H groups in total. The standard InChI is InChI=1S/C24H32N2O4/c1-16-12-13-17(2)20(14-16)25-22(27)21(26-23(28)30-24(4,5)6)18(3)29-15-19-10-8-7-9-11-19/h7-14,18,21H,15H2,1-6H3,(H,25,27)(H,26,28)/t18-,21-/m1/s1. The number of amides is 2. The van der Waals surface area contributed by atoms with Gasteiger partial charge in [-0.3, -0.25) is 4.79 Å². The third kappa shape index (κ3) is 7.52. The molecule has 30 heavy (non-hydrogen) atoms. The van der Waals surface area contributed by atoms with Crippen molar-refractivity contribution in [2.24, 2.45) is 0 Å². The van der Waals surface area contributed by atoms with Gasteiger partial charge in [0.05, 0.1) is 12.7 Å². The van der Waals surface area contributed by atoms with Crippen LogP contribution in [0, 0.1) is 13.8 Å². The van der Waals surface area contributed by atoms with E-state index in [1.165, 1.54) is 0 Å². The number of rotatable bonds is 7. The van der Waals surface area contributed by atoms with Crippen molar-refractivity contribution in [1.29, 1.82) is 0 Å². The Kier molecular flexibility index (Phi) is 8.00. The van der Waals surface area contributed by atoms with Gasteiger partial charge >= 0.3 is 6.09 Å². The van der Waals surface area contributed by atoms with Crippen LogP contribution >= 0.6 is 0 Å². The average Bonchev–Trinajstić information content (AvgIpc) is 2.66. The largest absolute Gasteiger partial charge is 0.444 e. The fraction of sp³-hybridized carbons (Fsp3) is 0.417. The molecule has 0 unspecified atom stereocenters. The Hall–Kier alpha value is -2.86. The fourth-order valence-electron chi connectivity index (χ4n) is 2.81. The Balaban J connectivity index is 2.15. The molecular formula is C24H32N2O4. The van der Waals surface area contributed by atoms with Crippen molar-refractivity contribution in [2.45, 2.75) is 65.9 Å². The molecule has 0 saturated heterocycles. The molecule has 0 spiro atoms. The average molecular weight is 413 g/mol. The summed E-state index contributed by atoms with van der Waals surface area (Å²) in [4.78, 5) is 25.4. The van der Waals surface area contributed by atoms with Gasteiger partial charge < -0.3 is 20.1 Å². The van der Waals surface area contributed by atoms with E-state index in [4.69, 9.17) is 9.47 Å². The first-order valence-electron chi connectivity index (χ1n) is 10.1. The Morgan fingerprint density at radius 2 is 1.70 bits per heavy atom. The number of benzene rings is 2. The number of hydrogen-bond acceptors (Lipinski definition) is 4. The van der Waals surface area contributed by atoms with E-state index in [2.05, 4.69) is 10.6 Å². The summed E-state index contributed by atoms with van der Waals surface area (Å²) in [7, 11) is 0. The quantitative estimate of drug-likeness (QED) is 0.689. The summed E-state index contributed by atoms with van der Waals surface area (Å²) >= 11 is 0. The second-order valence-corrected chi connectivity index (χ2v) is 8.43. The van der Waals surface area contributed by atoms with Gasteiger partial charge in [-0.25, -0.2) is 4.79 Å². The van der Waals surface area contributed by atoms with Gasteiger partial charge in [0.15, 0.2) is 0 Å². The highest BCUT2D eigenvalue weighted by Gasteiger charge is 2.30. The highest BCUT2D eigenvalue weighted by molar-refractivity contribution is 5.97. The number of hydrogen-bond donors (Lipinski definition) is 2. The molecule has 2 aromatic carbocycles. The third-order valence-electron chi connectivity index (χ3n) is 4.43. The summed E-state index contributed by atoms with van der Waals surface area (Å²) in [5.41, 5.74) is 2.97. The predicted octanol–water partition coefficient (Wildman–Crippen LogP) is 4.74. The first-order chi connectivity index (χ1) is 14.0. The Morgan fingerprint density at radius 1 is 1.03 bits per heavy atom. The number of alkyl carbamates (subject to hydrolysis) is 1. The second kappa shape index (κ2) is 10.3. The van der Waals surface area contributed by atoms with Crippen molar-refractivity contribution in [3.8, 4) is 0 Å². The Bertz CT molecular complexity index is 859. The molecule has 0 aliphatic rings. The molecule has 2 aromatic rings. The molecule has 2 rings (SSSR count). The summed E-state index contributed by atoms with van der Waals surface area (Å²) in [5.74, 6) is -0.366. The van der Waals surface area contributed by atoms with Crippen LogP contribution in [0.15, 0.2) is 48.5 Å². The summed E-state index contributed by atoms with van der Waals surface area (Å²) < 4.78 is 11.2. The van der Waals surface area contributed by atoms with Crippen LogP contribution in [0.25, 0.3) is 0 Å². The predicted molar refractivity (Wildman–Crippen MR) is 118 cm³/mol. The molecule has 6 nitrogen and oxygen atoms in total. The van der Waals surface area contributed by atoms with E-state index in [1.54, 1.807) is 27.7 Å². The SMILES string of the molecule is Cc1ccc(C)c(NC(=O)[C@H](NC(=O)OC(C)(C)C)[C@@H](C)OCc2ccccc2)c1. The number of carbonyl (C=O) groups is 2. The molecule has 0 heterocycles. The fourth-order valence-corrected chi connectivity index (χ4v) is 2.81. The minimum Gasteiger partial charge on any atom is -0.444 e. The summed E-state index contributed by atoms with van der Waals surface area (Å²) in [6.07, 6.45) is -1.25.